The molecule has 2 heterocycles. The van der Waals surface area contributed by atoms with Crippen molar-refractivity contribution in [3.05, 3.63) is 47.5 Å². The van der Waals surface area contributed by atoms with Gasteiger partial charge in [-0.3, -0.25) is 0 Å². The van der Waals surface area contributed by atoms with Gasteiger partial charge in [-0.1, -0.05) is 12.1 Å². The number of hydrogen-bond acceptors (Lipinski definition) is 5. The van der Waals surface area contributed by atoms with Crippen molar-refractivity contribution in [1.82, 2.24) is 9.97 Å². The largest absolute Gasteiger partial charge is 0.454 e. The van der Waals surface area contributed by atoms with Crippen molar-refractivity contribution in [3.8, 4) is 17.6 Å². The first kappa shape index (κ1) is 12.5. The molecule has 2 aromatic carbocycles. The van der Waals surface area contributed by atoms with Crippen LogP contribution in [0.5, 0.6) is 11.5 Å². The Morgan fingerprint density at radius 2 is 1.95 bits per heavy atom. The fraction of sp³-hybridized carbons (Fsp3) is 0.125. The van der Waals surface area contributed by atoms with Crippen molar-refractivity contribution in [1.29, 1.82) is 5.26 Å². The number of nitriles is 1. The Labute approximate surface area is 126 Å². The number of ether oxygens (including phenoxy) is 2. The topological polar surface area (TPSA) is 83.0 Å². The molecule has 0 saturated carbocycles. The fourth-order valence-electron chi connectivity index (χ4n) is 2.37. The van der Waals surface area contributed by atoms with Crippen molar-refractivity contribution in [2.24, 2.45) is 0 Å². The van der Waals surface area contributed by atoms with Gasteiger partial charge in [0.2, 0.25) is 12.7 Å². The molecular weight excluding hydrogens is 280 g/mol. The average Bonchev–Trinajstić information content (AvgIpc) is 3.16. The third-order valence-corrected chi connectivity index (χ3v) is 3.52. The molecule has 3 aromatic rings. The molecule has 0 fully saturated rings. The van der Waals surface area contributed by atoms with Crippen molar-refractivity contribution in [3.63, 3.8) is 0 Å². The molecule has 22 heavy (non-hydrogen) atoms. The van der Waals surface area contributed by atoms with Gasteiger partial charge in [0.15, 0.2) is 11.5 Å². The normalized spacial score (nSPS) is 12.3. The number of imidazole rings is 1. The van der Waals surface area contributed by atoms with E-state index in [0.717, 1.165) is 28.1 Å². The third kappa shape index (κ3) is 2.19. The number of nitrogens with zero attached hydrogens (tertiary/aromatic N) is 2. The van der Waals surface area contributed by atoms with Crippen molar-refractivity contribution in [2.75, 3.05) is 12.1 Å². The number of hydrogen-bond donors (Lipinski definition) is 2. The monoisotopic (exact) mass is 292 g/mol. The Balaban J connectivity index is 1.53. The summed E-state index contributed by atoms with van der Waals surface area (Å²) in [5, 5.41) is 12.0. The van der Waals surface area contributed by atoms with E-state index in [1.54, 1.807) is 12.1 Å². The summed E-state index contributed by atoms with van der Waals surface area (Å²) in [6, 6.07) is 13.3. The zero-order chi connectivity index (χ0) is 14.9. The summed E-state index contributed by atoms with van der Waals surface area (Å²) in [7, 11) is 0. The zero-order valence-electron chi connectivity index (χ0n) is 11.6. The maximum absolute atomic E-state index is 8.79. The molecule has 0 unspecified atom stereocenters. The van der Waals surface area contributed by atoms with E-state index in [-0.39, 0.29) is 6.79 Å². The van der Waals surface area contributed by atoms with E-state index < -0.39 is 0 Å². The van der Waals surface area contributed by atoms with Gasteiger partial charge >= 0.3 is 0 Å². The van der Waals surface area contributed by atoms with Gasteiger partial charge in [-0.25, -0.2) is 4.98 Å². The van der Waals surface area contributed by atoms with Gasteiger partial charge in [0.05, 0.1) is 22.7 Å². The minimum atomic E-state index is 0.256. The fourth-order valence-corrected chi connectivity index (χ4v) is 2.37. The second-order valence-electron chi connectivity index (χ2n) is 4.97. The highest BCUT2D eigenvalue weighted by molar-refractivity contribution is 5.81. The summed E-state index contributed by atoms with van der Waals surface area (Å²) >= 11 is 0. The van der Waals surface area contributed by atoms with E-state index in [0.29, 0.717) is 18.1 Å². The predicted molar refractivity (Wildman–Crippen MR) is 80.7 cm³/mol. The van der Waals surface area contributed by atoms with Gasteiger partial charge in [-0.15, -0.1) is 0 Å². The van der Waals surface area contributed by atoms with E-state index in [9.17, 15) is 0 Å². The van der Waals surface area contributed by atoms with E-state index in [1.807, 2.05) is 24.3 Å². The number of anilines is 1. The molecule has 0 spiro atoms. The molecule has 4 rings (SSSR count). The molecule has 1 aliphatic heterocycles. The first-order valence-electron chi connectivity index (χ1n) is 6.84. The molecular formula is C16H12N4O2. The number of benzene rings is 2. The molecule has 1 aromatic heterocycles. The molecule has 6 heteroatoms. The molecule has 1 aliphatic rings. The summed E-state index contributed by atoms with van der Waals surface area (Å²) < 4.78 is 10.7. The van der Waals surface area contributed by atoms with Crippen LogP contribution >= 0.6 is 0 Å². The second kappa shape index (κ2) is 4.97. The third-order valence-electron chi connectivity index (χ3n) is 3.52. The van der Waals surface area contributed by atoms with Crippen LogP contribution in [-0.4, -0.2) is 16.8 Å². The first-order valence-corrected chi connectivity index (χ1v) is 6.84. The summed E-state index contributed by atoms with van der Waals surface area (Å²) in [6.07, 6.45) is 0. The first-order chi connectivity index (χ1) is 10.8. The Kier molecular flexibility index (Phi) is 2.83. The minimum absolute atomic E-state index is 0.256. The zero-order valence-corrected chi connectivity index (χ0v) is 11.6. The second-order valence-corrected chi connectivity index (χ2v) is 4.97. The highest BCUT2D eigenvalue weighted by Crippen LogP contribution is 2.35. The summed E-state index contributed by atoms with van der Waals surface area (Å²) in [6.45, 7) is 0.879. The predicted octanol–water partition coefficient (Wildman–Crippen LogP) is 2.78. The van der Waals surface area contributed by atoms with Crippen molar-refractivity contribution >= 4 is 17.0 Å². The van der Waals surface area contributed by atoms with Gasteiger partial charge < -0.3 is 19.8 Å². The average molecular weight is 292 g/mol. The molecule has 2 N–H and O–H groups in total. The Morgan fingerprint density at radius 1 is 1.18 bits per heavy atom. The molecule has 0 saturated heterocycles. The number of H-pyrrole nitrogens is 1. The molecule has 108 valence electrons. The Hall–Kier alpha value is -3.20. The van der Waals surface area contributed by atoms with Crippen molar-refractivity contribution < 1.29 is 9.47 Å². The van der Waals surface area contributed by atoms with Crippen molar-refractivity contribution in [2.45, 2.75) is 6.54 Å². The molecule has 0 atom stereocenters. The van der Waals surface area contributed by atoms with Crippen LogP contribution in [0, 0.1) is 11.3 Å². The Morgan fingerprint density at radius 3 is 2.73 bits per heavy atom. The lowest BCUT2D eigenvalue weighted by molar-refractivity contribution is 0.174. The van der Waals surface area contributed by atoms with E-state index in [1.165, 1.54) is 0 Å². The highest BCUT2D eigenvalue weighted by Gasteiger charge is 2.16. The quantitative estimate of drug-likeness (QED) is 0.775. The standard InChI is InChI=1S/C16H12N4O2/c17-7-10-1-3-11(4-2-10)8-18-16-19-12-5-14-15(22-9-21-14)6-13(12)20-16/h1-6H,8-9H2,(H2,18,19,20). The van der Waals surface area contributed by atoms with Crippen LogP contribution in [0.1, 0.15) is 11.1 Å². The van der Waals surface area contributed by atoms with Crippen LogP contribution in [0.2, 0.25) is 0 Å². The SMILES string of the molecule is N#Cc1ccc(CNc2nc3cc4c(cc3[nH]2)OCO4)cc1. The van der Waals surface area contributed by atoms with E-state index >= 15 is 0 Å². The lowest BCUT2D eigenvalue weighted by Crippen LogP contribution is -2.00. The maximum Gasteiger partial charge on any atom is 0.231 e. The molecule has 0 bridgehead atoms. The molecule has 6 nitrogen and oxygen atoms in total. The molecule has 0 amide bonds. The van der Waals surface area contributed by atoms with Gasteiger partial charge in [-0.05, 0) is 17.7 Å². The number of rotatable bonds is 3. The van der Waals surface area contributed by atoms with Crippen LogP contribution in [-0.2, 0) is 6.54 Å². The number of aromatic nitrogens is 2. The number of fused-ring (bicyclic) bond motifs is 2. The van der Waals surface area contributed by atoms with Crippen LogP contribution in [0.25, 0.3) is 11.0 Å². The minimum Gasteiger partial charge on any atom is -0.454 e. The van der Waals surface area contributed by atoms with Crippen LogP contribution in [0.4, 0.5) is 5.95 Å². The van der Waals surface area contributed by atoms with Gasteiger partial charge in [0.25, 0.3) is 0 Å². The van der Waals surface area contributed by atoms with Gasteiger partial charge in [-0.2, -0.15) is 5.26 Å². The van der Waals surface area contributed by atoms with Crippen LogP contribution in [0.3, 0.4) is 0 Å². The number of aromatic amines is 1. The number of nitrogens with one attached hydrogen (secondary N) is 2. The van der Waals surface area contributed by atoms with E-state index in [4.69, 9.17) is 14.7 Å². The maximum atomic E-state index is 8.79. The lowest BCUT2D eigenvalue weighted by atomic mass is 10.1. The Bertz CT molecular complexity index is 837. The lowest BCUT2D eigenvalue weighted by Gasteiger charge is -2.02. The summed E-state index contributed by atoms with van der Waals surface area (Å²) in [4.78, 5) is 7.69. The van der Waals surface area contributed by atoms with Gasteiger partial charge in [0, 0.05) is 18.7 Å². The van der Waals surface area contributed by atoms with E-state index in [2.05, 4.69) is 21.4 Å². The summed E-state index contributed by atoms with van der Waals surface area (Å²) in [5.41, 5.74) is 3.45. The molecule has 0 aliphatic carbocycles. The smallest absolute Gasteiger partial charge is 0.231 e. The van der Waals surface area contributed by atoms with Gasteiger partial charge in [0.1, 0.15) is 0 Å². The van der Waals surface area contributed by atoms with Crippen LogP contribution in [0.15, 0.2) is 36.4 Å². The highest BCUT2D eigenvalue weighted by atomic mass is 16.7. The summed E-state index contributed by atoms with van der Waals surface area (Å²) in [5.74, 6) is 2.13. The van der Waals surface area contributed by atoms with Crippen LogP contribution < -0.4 is 14.8 Å². The molecule has 0 radical (unpaired) electrons.